The molecular weight excluding hydrogens is 149 g/mol. The smallest absolute Gasteiger partial charge is 1.00 e. The Balaban J connectivity index is -0.00000000161. The SMILES string of the molecule is F.O=[Si](O)O.[H-].[H-].[H-].[H-].[Li+].[Mg+2].[Na+]. The second kappa shape index (κ2) is 23.1. The zero-order valence-corrected chi connectivity index (χ0v) is 9.33. The van der Waals surface area contributed by atoms with Crippen molar-refractivity contribution < 1.29 is 72.9 Å². The van der Waals surface area contributed by atoms with Crippen LogP contribution in [0, 0.1) is 0 Å². The number of halogens is 1. The van der Waals surface area contributed by atoms with Gasteiger partial charge in [-0.15, -0.1) is 0 Å². The van der Waals surface area contributed by atoms with Crippen LogP contribution in [0.25, 0.3) is 0 Å². The summed E-state index contributed by atoms with van der Waals surface area (Å²) in [7, 11) is -3.13. The third-order valence-electron chi connectivity index (χ3n) is 0. The van der Waals surface area contributed by atoms with Gasteiger partial charge in [0.2, 0.25) is 0 Å². The number of rotatable bonds is 0. The minimum Gasteiger partial charge on any atom is -1.00 e. The molecule has 0 atom stereocenters. The normalized spacial score (nSPS) is 3.00. The molecule has 2 N–H and O–H groups in total. The predicted octanol–water partition coefficient (Wildman–Crippen LogP) is -7.38. The van der Waals surface area contributed by atoms with Gasteiger partial charge in [-0.1, -0.05) is 0 Å². The van der Waals surface area contributed by atoms with Gasteiger partial charge in [0.05, 0.1) is 0 Å². The van der Waals surface area contributed by atoms with Crippen LogP contribution in [0.3, 0.4) is 0 Å². The Labute approximate surface area is 104 Å². The van der Waals surface area contributed by atoms with E-state index < -0.39 is 9.17 Å². The summed E-state index contributed by atoms with van der Waals surface area (Å²) < 4.78 is 8.74. The summed E-state index contributed by atoms with van der Waals surface area (Å²) in [5, 5.41) is 0. The summed E-state index contributed by atoms with van der Waals surface area (Å²) in [5.74, 6) is 0. The van der Waals surface area contributed by atoms with Gasteiger partial charge in [-0.2, -0.15) is 0 Å². The van der Waals surface area contributed by atoms with Crippen molar-refractivity contribution in [2.24, 2.45) is 0 Å². The van der Waals surface area contributed by atoms with Gasteiger partial charge in [0, 0.05) is 0 Å². The number of hydrogen-bond acceptors (Lipinski definition) is 1. The van der Waals surface area contributed by atoms with Crippen molar-refractivity contribution >= 4 is 32.2 Å². The quantitative estimate of drug-likeness (QED) is 0.343. The van der Waals surface area contributed by atoms with Gasteiger partial charge in [0.25, 0.3) is 0 Å². The molecule has 0 radical (unpaired) electrons. The first-order valence-corrected chi connectivity index (χ1v) is 1.95. The van der Waals surface area contributed by atoms with Gasteiger partial charge in [-0.25, -0.2) is 0 Å². The Hall–Kier alpha value is 1.91. The van der Waals surface area contributed by atoms with Gasteiger partial charge in [0.1, 0.15) is 0 Å². The largest absolute Gasteiger partial charge is 2.00 e. The van der Waals surface area contributed by atoms with Crippen LogP contribution in [0.4, 0.5) is 4.70 Å². The van der Waals surface area contributed by atoms with Crippen LogP contribution in [0.1, 0.15) is 5.71 Å². The van der Waals surface area contributed by atoms with E-state index in [4.69, 9.17) is 14.1 Å². The first-order valence-electron chi connectivity index (χ1n) is 0.651. The summed E-state index contributed by atoms with van der Waals surface area (Å²) in [4.78, 5) is 14.3. The molecule has 0 saturated carbocycles. The standard InChI is InChI=1S/FH.Li.Mg.Na.H2O3Si.4H/c;;;;1-4(2)3;;;;/h1H;;;;1-2H;;;;/q;+1;+2;+1;;4*-1. The number of hydrogen-bond donors (Lipinski definition) is 2. The van der Waals surface area contributed by atoms with Crippen LogP contribution in [-0.4, -0.2) is 41.8 Å². The Morgan fingerprint density at radius 2 is 1.38 bits per heavy atom. The molecule has 0 spiro atoms. The zero-order valence-electron chi connectivity index (χ0n) is 8.92. The molecule has 0 aromatic carbocycles. The van der Waals surface area contributed by atoms with E-state index in [1.807, 2.05) is 0 Å². The molecule has 0 bridgehead atoms. The van der Waals surface area contributed by atoms with Gasteiger partial charge in [-0.3, -0.25) is 9.17 Å². The fraction of sp³-hybridized carbons (Fsp3) is 0. The van der Waals surface area contributed by atoms with E-state index in [2.05, 4.69) is 0 Å². The molecule has 0 saturated heterocycles. The van der Waals surface area contributed by atoms with E-state index in [-0.39, 0.29) is 81.9 Å². The minimum atomic E-state index is -3.13. The van der Waals surface area contributed by atoms with Crippen LogP contribution in [0.5, 0.6) is 0 Å². The molecule has 0 aliphatic rings. The Kier molecular flexibility index (Phi) is 94.3. The third-order valence-corrected chi connectivity index (χ3v) is 0. The Morgan fingerprint density at radius 3 is 1.38 bits per heavy atom. The fourth-order valence-corrected chi connectivity index (χ4v) is 0. The molecule has 0 unspecified atom stereocenters. The fourth-order valence-electron chi connectivity index (χ4n) is 0. The first-order chi connectivity index (χ1) is 1.73. The maximum absolute atomic E-state index is 8.74. The Bertz CT molecular complexity index is 53.3. The maximum Gasteiger partial charge on any atom is 2.00 e. The van der Waals surface area contributed by atoms with Crippen molar-refractivity contribution in [2.45, 2.75) is 0 Å². The zero-order chi connectivity index (χ0) is 3.58. The predicted molar refractivity (Wildman–Crippen MR) is 23.6 cm³/mol. The van der Waals surface area contributed by atoms with Gasteiger partial charge < -0.3 is 15.3 Å². The summed E-state index contributed by atoms with van der Waals surface area (Å²) in [5.41, 5.74) is 0. The molecule has 40 valence electrons. The molecule has 0 amide bonds. The van der Waals surface area contributed by atoms with Crippen LogP contribution in [0.2, 0.25) is 0 Å². The van der Waals surface area contributed by atoms with Crippen molar-refractivity contribution in [2.75, 3.05) is 0 Å². The van der Waals surface area contributed by atoms with Crippen molar-refractivity contribution in [3.05, 3.63) is 0 Å². The average molecular weight is 156 g/mol. The summed E-state index contributed by atoms with van der Waals surface area (Å²) in [6.45, 7) is 0. The van der Waals surface area contributed by atoms with E-state index in [1.54, 1.807) is 0 Å². The molecule has 0 fully saturated rings. The van der Waals surface area contributed by atoms with Crippen molar-refractivity contribution in [3.8, 4) is 0 Å². The molecule has 0 heterocycles. The van der Waals surface area contributed by atoms with Crippen LogP contribution in [-0.2, 0) is 4.46 Å². The maximum atomic E-state index is 8.74. The first kappa shape index (κ1) is 32.6. The van der Waals surface area contributed by atoms with Crippen molar-refractivity contribution in [1.29, 1.82) is 0 Å². The molecule has 3 nitrogen and oxygen atoms in total. The molecule has 8 heavy (non-hydrogen) atoms. The molecule has 8 heteroatoms. The molecule has 0 aliphatic heterocycles. The van der Waals surface area contributed by atoms with Crippen LogP contribution in [0.15, 0.2) is 0 Å². The van der Waals surface area contributed by atoms with Gasteiger partial charge in [0.15, 0.2) is 0 Å². The summed E-state index contributed by atoms with van der Waals surface area (Å²) in [6.07, 6.45) is 0. The second-order valence-electron chi connectivity index (χ2n) is 0.283. The summed E-state index contributed by atoms with van der Waals surface area (Å²) >= 11 is 0. The molecular formula is H7FLiMgNaO3Si. The Morgan fingerprint density at radius 1 is 1.38 bits per heavy atom. The monoisotopic (exact) mass is 156 g/mol. The summed E-state index contributed by atoms with van der Waals surface area (Å²) in [6, 6.07) is 0. The second-order valence-corrected chi connectivity index (χ2v) is 0.848. The van der Waals surface area contributed by atoms with E-state index in [0.717, 1.165) is 0 Å². The van der Waals surface area contributed by atoms with Gasteiger partial charge >= 0.3 is 80.6 Å². The van der Waals surface area contributed by atoms with E-state index >= 15 is 0 Å². The molecule has 0 aromatic heterocycles. The molecule has 0 aromatic rings. The molecule has 0 rings (SSSR count). The minimum absolute atomic E-state index is 0. The average Bonchev–Trinajstić information content (AvgIpc) is 0.811. The van der Waals surface area contributed by atoms with E-state index in [9.17, 15) is 0 Å². The van der Waals surface area contributed by atoms with E-state index in [1.165, 1.54) is 0 Å². The third kappa shape index (κ3) is 103. The molecule has 0 aliphatic carbocycles. The van der Waals surface area contributed by atoms with Crippen molar-refractivity contribution in [3.63, 3.8) is 0 Å². The van der Waals surface area contributed by atoms with Gasteiger partial charge in [-0.05, 0) is 0 Å². The van der Waals surface area contributed by atoms with Crippen LogP contribution >= 0.6 is 0 Å². The van der Waals surface area contributed by atoms with E-state index in [0.29, 0.717) is 0 Å². The topological polar surface area (TPSA) is 57.5 Å². The van der Waals surface area contributed by atoms with Crippen molar-refractivity contribution in [1.82, 2.24) is 0 Å². The van der Waals surface area contributed by atoms with Crippen LogP contribution < -0.4 is 48.4 Å².